The van der Waals surface area contributed by atoms with E-state index in [1.54, 1.807) is 30.6 Å². The molecule has 0 bridgehead atoms. The van der Waals surface area contributed by atoms with Crippen molar-refractivity contribution in [1.82, 2.24) is 19.7 Å². The minimum Gasteiger partial charge on any atom is -0.399 e. The summed E-state index contributed by atoms with van der Waals surface area (Å²) in [5.74, 6) is 0.965. The van der Waals surface area contributed by atoms with Crippen LogP contribution in [0.3, 0.4) is 0 Å². The Morgan fingerprint density at radius 2 is 2.10 bits per heavy atom. The van der Waals surface area contributed by atoms with E-state index in [-0.39, 0.29) is 5.91 Å². The molecule has 1 aromatic carbocycles. The minimum absolute atomic E-state index is 0.00631. The van der Waals surface area contributed by atoms with Crippen LogP contribution in [-0.4, -0.2) is 38.7 Å². The van der Waals surface area contributed by atoms with Crippen LogP contribution >= 0.6 is 0 Å². The number of fused-ring (bicyclic) bond motifs is 1. The predicted octanol–water partition coefficient (Wildman–Crippen LogP) is 0.705. The van der Waals surface area contributed by atoms with Gasteiger partial charge in [-0.15, -0.1) is 10.2 Å². The number of nitrogens with one attached hydrogen (secondary N) is 1. The number of hydrogen-bond donors (Lipinski definition) is 2. The van der Waals surface area contributed by atoms with Gasteiger partial charge in [0.2, 0.25) is 5.91 Å². The predicted molar refractivity (Wildman–Crippen MR) is 79.4 cm³/mol. The van der Waals surface area contributed by atoms with Crippen molar-refractivity contribution < 1.29 is 4.79 Å². The van der Waals surface area contributed by atoms with E-state index in [0.717, 1.165) is 31.1 Å². The molecule has 21 heavy (non-hydrogen) atoms. The van der Waals surface area contributed by atoms with E-state index in [9.17, 15) is 4.79 Å². The average Bonchev–Trinajstić information content (AvgIpc) is 2.95. The lowest BCUT2D eigenvalue weighted by Crippen LogP contribution is -2.35. The Kier molecular flexibility index (Phi) is 3.83. The monoisotopic (exact) mass is 286 g/mol. The lowest BCUT2D eigenvalue weighted by molar-refractivity contribution is -0.116. The fourth-order valence-corrected chi connectivity index (χ4v) is 2.36. The van der Waals surface area contributed by atoms with Gasteiger partial charge in [0.05, 0.1) is 6.54 Å². The molecule has 7 nitrogen and oxygen atoms in total. The summed E-state index contributed by atoms with van der Waals surface area (Å²) in [5.41, 5.74) is 7.07. The SMILES string of the molecule is Nc1ccc(NC(=O)CCN2CCn3cnnc3C2)cc1. The van der Waals surface area contributed by atoms with Gasteiger partial charge in [0.15, 0.2) is 0 Å². The number of carbonyl (C=O) groups is 1. The van der Waals surface area contributed by atoms with Crippen molar-refractivity contribution in [2.45, 2.75) is 19.5 Å². The quantitative estimate of drug-likeness (QED) is 0.808. The van der Waals surface area contributed by atoms with Crippen LogP contribution in [0.4, 0.5) is 11.4 Å². The summed E-state index contributed by atoms with van der Waals surface area (Å²) in [7, 11) is 0. The highest BCUT2D eigenvalue weighted by Crippen LogP contribution is 2.12. The molecule has 0 aliphatic carbocycles. The van der Waals surface area contributed by atoms with Gasteiger partial charge in [-0.2, -0.15) is 0 Å². The van der Waals surface area contributed by atoms with Crippen LogP contribution in [0.25, 0.3) is 0 Å². The maximum Gasteiger partial charge on any atom is 0.225 e. The second kappa shape index (κ2) is 5.92. The summed E-state index contributed by atoms with van der Waals surface area (Å²) >= 11 is 0. The van der Waals surface area contributed by atoms with Crippen LogP contribution < -0.4 is 11.1 Å². The molecule has 1 amide bonds. The van der Waals surface area contributed by atoms with Crippen LogP contribution in [-0.2, 0) is 17.9 Å². The smallest absolute Gasteiger partial charge is 0.225 e. The molecule has 1 aliphatic heterocycles. The van der Waals surface area contributed by atoms with E-state index < -0.39 is 0 Å². The number of rotatable bonds is 4. The molecular weight excluding hydrogens is 268 g/mol. The summed E-state index contributed by atoms with van der Waals surface area (Å²) in [6.07, 6.45) is 2.21. The third kappa shape index (κ3) is 3.38. The van der Waals surface area contributed by atoms with Crippen LogP contribution in [0.1, 0.15) is 12.2 Å². The van der Waals surface area contributed by atoms with Gasteiger partial charge in [-0.3, -0.25) is 9.69 Å². The van der Waals surface area contributed by atoms with Crippen molar-refractivity contribution in [3.05, 3.63) is 36.4 Å². The van der Waals surface area contributed by atoms with Gasteiger partial charge in [0, 0.05) is 37.4 Å². The van der Waals surface area contributed by atoms with Crippen molar-refractivity contribution in [2.24, 2.45) is 0 Å². The topological polar surface area (TPSA) is 89.1 Å². The van der Waals surface area contributed by atoms with Crippen molar-refractivity contribution in [2.75, 3.05) is 24.1 Å². The van der Waals surface area contributed by atoms with E-state index in [2.05, 4.69) is 20.4 Å². The molecule has 1 aromatic heterocycles. The van der Waals surface area contributed by atoms with E-state index in [1.807, 2.05) is 4.57 Å². The fourth-order valence-electron chi connectivity index (χ4n) is 2.36. The largest absolute Gasteiger partial charge is 0.399 e. The van der Waals surface area contributed by atoms with Crippen LogP contribution in [0.5, 0.6) is 0 Å². The molecule has 110 valence electrons. The Labute approximate surface area is 122 Å². The molecule has 2 heterocycles. The number of carbonyl (C=O) groups excluding carboxylic acids is 1. The van der Waals surface area contributed by atoms with E-state index in [4.69, 9.17) is 5.73 Å². The van der Waals surface area contributed by atoms with Gasteiger partial charge in [0.1, 0.15) is 12.2 Å². The highest BCUT2D eigenvalue weighted by Gasteiger charge is 2.17. The highest BCUT2D eigenvalue weighted by atomic mass is 16.1. The zero-order chi connectivity index (χ0) is 14.7. The summed E-state index contributed by atoms with van der Waals surface area (Å²) < 4.78 is 2.05. The molecule has 2 aromatic rings. The summed E-state index contributed by atoms with van der Waals surface area (Å²) in [6.45, 7) is 3.25. The average molecular weight is 286 g/mol. The zero-order valence-electron chi connectivity index (χ0n) is 11.7. The first-order valence-electron chi connectivity index (χ1n) is 6.95. The number of nitrogens with two attached hydrogens (primary N) is 1. The number of anilines is 2. The summed E-state index contributed by atoms with van der Waals surface area (Å²) in [4.78, 5) is 14.1. The lowest BCUT2D eigenvalue weighted by Gasteiger charge is -2.26. The van der Waals surface area contributed by atoms with Gasteiger partial charge in [-0.1, -0.05) is 0 Å². The fraction of sp³-hybridized carbons (Fsp3) is 0.357. The zero-order valence-corrected chi connectivity index (χ0v) is 11.7. The van der Waals surface area contributed by atoms with Crippen molar-refractivity contribution >= 4 is 17.3 Å². The Bertz CT molecular complexity index is 621. The molecule has 0 radical (unpaired) electrons. The Balaban J connectivity index is 1.47. The highest BCUT2D eigenvalue weighted by molar-refractivity contribution is 5.90. The normalized spacial score (nSPS) is 14.7. The maximum atomic E-state index is 11.9. The first kappa shape index (κ1) is 13.6. The molecule has 0 unspecified atom stereocenters. The molecule has 3 N–H and O–H groups in total. The number of hydrogen-bond acceptors (Lipinski definition) is 5. The molecule has 0 spiro atoms. The van der Waals surface area contributed by atoms with Gasteiger partial charge < -0.3 is 15.6 Å². The molecule has 3 rings (SSSR count). The standard InChI is InChI=1S/C14H18N6O/c15-11-1-3-12(4-2-11)17-14(21)5-6-19-7-8-20-10-16-18-13(20)9-19/h1-4,10H,5-9,15H2,(H,17,21). The Morgan fingerprint density at radius 1 is 1.29 bits per heavy atom. The number of aromatic nitrogens is 3. The van der Waals surface area contributed by atoms with Crippen molar-refractivity contribution in [3.8, 4) is 0 Å². The van der Waals surface area contributed by atoms with Crippen molar-refractivity contribution in [1.29, 1.82) is 0 Å². The molecule has 0 saturated heterocycles. The minimum atomic E-state index is 0.00631. The molecule has 1 aliphatic rings. The van der Waals surface area contributed by atoms with Crippen LogP contribution in [0.2, 0.25) is 0 Å². The number of amides is 1. The second-order valence-electron chi connectivity index (χ2n) is 5.14. The van der Waals surface area contributed by atoms with Gasteiger partial charge in [-0.25, -0.2) is 0 Å². The van der Waals surface area contributed by atoms with Gasteiger partial charge >= 0.3 is 0 Å². The Hall–Kier alpha value is -2.41. The summed E-state index contributed by atoms with van der Waals surface area (Å²) in [5, 5.41) is 10.8. The van der Waals surface area contributed by atoms with Gasteiger partial charge in [0.25, 0.3) is 0 Å². The second-order valence-corrected chi connectivity index (χ2v) is 5.14. The third-order valence-corrected chi connectivity index (χ3v) is 3.57. The number of nitrogen functional groups attached to an aromatic ring is 1. The first-order chi connectivity index (χ1) is 10.2. The Morgan fingerprint density at radius 3 is 2.90 bits per heavy atom. The van der Waals surface area contributed by atoms with E-state index in [1.165, 1.54) is 0 Å². The lowest BCUT2D eigenvalue weighted by atomic mass is 10.2. The van der Waals surface area contributed by atoms with E-state index in [0.29, 0.717) is 18.7 Å². The molecule has 0 atom stereocenters. The van der Waals surface area contributed by atoms with E-state index >= 15 is 0 Å². The van der Waals surface area contributed by atoms with Gasteiger partial charge in [-0.05, 0) is 24.3 Å². The van der Waals surface area contributed by atoms with Crippen molar-refractivity contribution in [3.63, 3.8) is 0 Å². The molecule has 0 fully saturated rings. The number of benzene rings is 1. The van der Waals surface area contributed by atoms with Crippen LogP contribution in [0, 0.1) is 0 Å². The van der Waals surface area contributed by atoms with Crippen LogP contribution in [0.15, 0.2) is 30.6 Å². The summed E-state index contributed by atoms with van der Waals surface area (Å²) in [6, 6.07) is 7.15. The molecule has 0 saturated carbocycles. The molecular formula is C14H18N6O. The molecule has 7 heteroatoms. The maximum absolute atomic E-state index is 11.9. The number of nitrogens with zero attached hydrogens (tertiary/aromatic N) is 4. The first-order valence-corrected chi connectivity index (χ1v) is 6.95. The third-order valence-electron chi connectivity index (χ3n) is 3.57.